The van der Waals surface area contributed by atoms with Crippen molar-refractivity contribution in [2.45, 2.75) is 65.9 Å². The number of hydrogen-bond donors (Lipinski definition) is 4. The van der Waals surface area contributed by atoms with Crippen LogP contribution in [0.2, 0.25) is 0 Å². The van der Waals surface area contributed by atoms with E-state index in [4.69, 9.17) is 0 Å². The Kier molecular flexibility index (Phi) is 9.91. The number of halogens is 6. The van der Waals surface area contributed by atoms with Crippen LogP contribution < -0.4 is 10.6 Å². The maximum absolute atomic E-state index is 14.3. The van der Waals surface area contributed by atoms with Gasteiger partial charge in [-0.25, -0.2) is 9.59 Å². The Balaban J connectivity index is 2.17. The third-order valence-electron chi connectivity index (χ3n) is 7.35. The fraction of sp³-hybridized carbons (Fsp3) is 0.333. The number of carbonyl (C=O) groups excluding carboxylic acids is 2. The number of alkyl halides is 6. The van der Waals surface area contributed by atoms with Crippen molar-refractivity contribution in [3.8, 4) is 11.1 Å². The summed E-state index contributed by atoms with van der Waals surface area (Å²) in [5.41, 5.74) is -9.58. The normalized spacial score (nSPS) is 12.4. The van der Waals surface area contributed by atoms with Gasteiger partial charge in [0, 0.05) is 27.9 Å². The second-order valence-electron chi connectivity index (χ2n) is 12.5. The first-order valence-electron chi connectivity index (χ1n) is 14.1. The van der Waals surface area contributed by atoms with E-state index in [2.05, 4.69) is 10.6 Å². The lowest BCUT2D eigenvalue weighted by Gasteiger charge is -2.27. The molecule has 3 rings (SSSR count). The van der Waals surface area contributed by atoms with E-state index in [9.17, 15) is 55.7 Å². The zero-order valence-corrected chi connectivity index (χ0v) is 26.1. The Morgan fingerprint density at radius 3 is 1.49 bits per heavy atom. The summed E-state index contributed by atoms with van der Waals surface area (Å²) < 4.78 is 85.4. The molecule has 4 N–H and O–H groups in total. The predicted molar refractivity (Wildman–Crippen MR) is 162 cm³/mol. The van der Waals surface area contributed by atoms with Crippen LogP contribution in [0.3, 0.4) is 0 Å². The molecule has 0 heterocycles. The van der Waals surface area contributed by atoms with Crippen LogP contribution in [0.1, 0.15) is 101 Å². The highest BCUT2D eigenvalue weighted by Gasteiger charge is 2.39. The van der Waals surface area contributed by atoms with Gasteiger partial charge in [-0.2, -0.15) is 26.3 Å². The molecule has 0 saturated heterocycles. The van der Waals surface area contributed by atoms with Crippen LogP contribution in [0, 0.1) is 5.41 Å². The first kappa shape index (κ1) is 36.6. The van der Waals surface area contributed by atoms with Crippen molar-refractivity contribution in [1.29, 1.82) is 0 Å². The van der Waals surface area contributed by atoms with Gasteiger partial charge >= 0.3 is 24.3 Å². The summed E-state index contributed by atoms with van der Waals surface area (Å²) in [5, 5.41) is 24.3. The molecule has 252 valence electrons. The molecule has 0 spiro atoms. The van der Waals surface area contributed by atoms with Gasteiger partial charge in [-0.05, 0) is 67.8 Å². The third kappa shape index (κ3) is 8.29. The number of hydrogen-bond acceptors (Lipinski definition) is 5. The number of carboxylic acid groups (broad SMARTS) is 2. The minimum absolute atomic E-state index is 0.0397. The molecule has 0 atom stereocenters. The highest BCUT2D eigenvalue weighted by Crippen LogP contribution is 2.44. The molecule has 0 radical (unpaired) electrons. The van der Waals surface area contributed by atoms with Gasteiger partial charge in [-0.15, -0.1) is 0 Å². The van der Waals surface area contributed by atoms with Gasteiger partial charge in [0.1, 0.15) is 0 Å². The number of carbonyl (C=O) groups is 4. The maximum atomic E-state index is 14.3. The minimum atomic E-state index is -5.21. The van der Waals surface area contributed by atoms with Crippen LogP contribution in [-0.2, 0) is 12.4 Å². The number of carboxylic acids is 2. The SMILES string of the molecule is CCC(C)(C)Nc1ccc(-c2ccc(NC(=O)c3cc(C(=O)C(C)(C)C)c(C(=O)O)cc3C(=O)O)cc2C(F)(F)F)c(C(F)(F)F)c1. The van der Waals surface area contributed by atoms with Gasteiger partial charge in [0.05, 0.1) is 27.8 Å². The van der Waals surface area contributed by atoms with E-state index in [0.717, 1.165) is 24.3 Å². The Labute approximate surface area is 265 Å². The number of ketones is 1. The van der Waals surface area contributed by atoms with Crippen molar-refractivity contribution in [3.63, 3.8) is 0 Å². The molecule has 14 heteroatoms. The molecular weight excluding hydrogens is 634 g/mol. The second-order valence-corrected chi connectivity index (χ2v) is 12.5. The molecule has 0 unspecified atom stereocenters. The minimum Gasteiger partial charge on any atom is -0.478 e. The molecule has 0 bridgehead atoms. The van der Waals surface area contributed by atoms with Gasteiger partial charge < -0.3 is 20.8 Å². The van der Waals surface area contributed by atoms with Crippen molar-refractivity contribution >= 4 is 35.0 Å². The van der Waals surface area contributed by atoms with Crippen molar-refractivity contribution in [3.05, 3.63) is 81.9 Å². The van der Waals surface area contributed by atoms with Gasteiger partial charge in [0.2, 0.25) is 0 Å². The largest absolute Gasteiger partial charge is 0.478 e. The first-order valence-corrected chi connectivity index (χ1v) is 14.1. The fourth-order valence-corrected chi connectivity index (χ4v) is 4.59. The standard InChI is InChI=1S/C33H32F6N2O6/c1-7-31(5,6)41-17-9-11-19(25(13-17)33(37,38)39)18-10-8-16(12-24(18)32(34,35)36)40-27(43)21-14-20(26(42)30(2,3)4)22(28(44)45)15-23(21)29(46)47/h8-15,41H,7H2,1-6H3,(H,40,43)(H,44,45)(H,46,47). The molecule has 3 aromatic carbocycles. The summed E-state index contributed by atoms with van der Waals surface area (Å²) in [6.07, 6.45) is -9.72. The number of nitrogens with one attached hydrogen (secondary N) is 2. The zero-order valence-electron chi connectivity index (χ0n) is 26.1. The van der Waals surface area contributed by atoms with E-state index in [1.165, 1.54) is 26.8 Å². The predicted octanol–water partition coefficient (Wildman–Crippen LogP) is 8.87. The molecule has 3 aromatic rings. The molecule has 0 aliphatic rings. The highest BCUT2D eigenvalue weighted by atomic mass is 19.4. The number of benzene rings is 3. The lowest BCUT2D eigenvalue weighted by molar-refractivity contribution is -0.139. The van der Waals surface area contributed by atoms with Gasteiger partial charge in [-0.3, -0.25) is 9.59 Å². The molecular formula is C33H32F6N2O6. The summed E-state index contributed by atoms with van der Waals surface area (Å²) in [7, 11) is 0. The Hall–Kier alpha value is -4.88. The average Bonchev–Trinajstić information content (AvgIpc) is 2.94. The quantitative estimate of drug-likeness (QED) is 0.132. The number of Topliss-reactive ketones (excluding diaryl/α,β-unsaturated/α-hetero) is 1. The topological polar surface area (TPSA) is 133 Å². The smallest absolute Gasteiger partial charge is 0.417 e. The van der Waals surface area contributed by atoms with E-state index < -0.39 is 97.1 Å². The molecule has 0 saturated carbocycles. The Bertz CT molecular complexity index is 1750. The molecule has 1 amide bonds. The lowest BCUT2D eigenvalue weighted by atomic mass is 9.83. The maximum Gasteiger partial charge on any atom is 0.417 e. The van der Waals surface area contributed by atoms with Gasteiger partial charge in [-0.1, -0.05) is 39.8 Å². The van der Waals surface area contributed by atoms with E-state index in [1.807, 2.05) is 0 Å². The lowest BCUT2D eigenvalue weighted by Crippen LogP contribution is -2.29. The second kappa shape index (κ2) is 12.7. The summed E-state index contributed by atoms with van der Waals surface area (Å²) in [5.74, 6) is -5.50. The molecule has 8 nitrogen and oxygen atoms in total. The first-order chi connectivity index (χ1) is 21.4. The Morgan fingerprint density at radius 1 is 0.638 bits per heavy atom. The third-order valence-corrected chi connectivity index (χ3v) is 7.35. The van der Waals surface area contributed by atoms with Crippen LogP contribution in [0.4, 0.5) is 37.7 Å². The van der Waals surface area contributed by atoms with E-state index >= 15 is 0 Å². The van der Waals surface area contributed by atoms with Gasteiger partial charge in [0.15, 0.2) is 5.78 Å². The van der Waals surface area contributed by atoms with Crippen molar-refractivity contribution in [1.82, 2.24) is 0 Å². The number of amides is 1. The monoisotopic (exact) mass is 666 g/mol. The molecule has 47 heavy (non-hydrogen) atoms. The number of anilines is 2. The van der Waals surface area contributed by atoms with Gasteiger partial charge in [0.25, 0.3) is 5.91 Å². The zero-order chi connectivity index (χ0) is 35.9. The van der Waals surface area contributed by atoms with E-state index in [-0.39, 0.29) is 5.69 Å². The molecule has 0 aromatic heterocycles. The molecule has 0 fully saturated rings. The summed E-state index contributed by atoms with van der Waals surface area (Å²) in [4.78, 5) is 50.0. The fourth-order valence-electron chi connectivity index (χ4n) is 4.59. The van der Waals surface area contributed by atoms with Crippen LogP contribution in [-0.4, -0.2) is 39.4 Å². The Morgan fingerprint density at radius 2 is 1.06 bits per heavy atom. The summed E-state index contributed by atoms with van der Waals surface area (Å²) in [6, 6.07) is 6.23. The number of aromatic carboxylic acids is 2. The van der Waals surface area contributed by atoms with Crippen LogP contribution in [0.5, 0.6) is 0 Å². The summed E-state index contributed by atoms with van der Waals surface area (Å²) in [6.45, 7) is 9.64. The van der Waals surface area contributed by atoms with E-state index in [1.54, 1.807) is 20.8 Å². The van der Waals surface area contributed by atoms with Crippen LogP contribution in [0.25, 0.3) is 11.1 Å². The highest BCUT2D eigenvalue weighted by molar-refractivity contribution is 6.15. The van der Waals surface area contributed by atoms with Crippen LogP contribution >= 0.6 is 0 Å². The molecule has 0 aliphatic heterocycles. The van der Waals surface area contributed by atoms with Crippen molar-refractivity contribution in [2.75, 3.05) is 10.6 Å². The van der Waals surface area contributed by atoms with Crippen LogP contribution in [0.15, 0.2) is 48.5 Å². The summed E-state index contributed by atoms with van der Waals surface area (Å²) >= 11 is 0. The van der Waals surface area contributed by atoms with Crippen molar-refractivity contribution < 1.29 is 55.7 Å². The average molecular weight is 667 g/mol. The van der Waals surface area contributed by atoms with E-state index in [0.29, 0.717) is 24.6 Å². The molecule has 0 aliphatic carbocycles. The number of rotatable bonds is 9. The van der Waals surface area contributed by atoms with Crippen molar-refractivity contribution in [2.24, 2.45) is 5.41 Å².